The van der Waals surface area contributed by atoms with Gasteiger partial charge in [0.2, 0.25) is 0 Å². The Hall–Kier alpha value is -2.47. The zero-order valence-electron chi connectivity index (χ0n) is 14.4. The van der Waals surface area contributed by atoms with Crippen LogP contribution in [-0.2, 0) is 4.79 Å². The van der Waals surface area contributed by atoms with Crippen molar-refractivity contribution in [2.24, 2.45) is 0 Å². The lowest BCUT2D eigenvalue weighted by Gasteiger charge is -2.26. The molecule has 0 bridgehead atoms. The van der Waals surface area contributed by atoms with E-state index in [1.165, 1.54) is 12.8 Å². The number of carbonyl (C=O) groups excluding carboxylic acids is 1. The summed E-state index contributed by atoms with van der Waals surface area (Å²) in [5.74, 6) is 2.13. The molecule has 2 aromatic rings. The van der Waals surface area contributed by atoms with E-state index >= 15 is 0 Å². The van der Waals surface area contributed by atoms with Gasteiger partial charge < -0.3 is 19.2 Å². The van der Waals surface area contributed by atoms with Crippen molar-refractivity contribution in [1.82, 2.24) is 10.2 Å². The number of ether oxygens (including phenoxy) is 2. The number of benzene rings is 1. The van der Waals surface area contributed by atoms with E-state index in [0.29, 0.717) is 12.3 Å². The molecule has 0 spiro atoms. The van der Waals surface area contributed by atoms with E-state index in [-0.39, 0.29) is 18.6 Å². The SMILES string of the molecule is COc1ccc(OCC(=O)NC[C@@H](c2ccco2)N2CCCC2)cc1. The summed E-state index contributed by atoms with van der Waals surface area (Å²) < 4.78 is 16.2. The van der Waals surface area contributed by atoms with Crippen LogP contribution in [0.1, 0.15) is 24.6 Å². The number of carbonyl (C=O) groups is 1. The number of hydrogen-bond donors (Lipinski definition) is 1. The summed E-state index contributed by atoms with van der Waals surface area (Å²) in [5, 5.41) is 2.95. The highest BCUT2D eigenvalue weighted by molar-refractivity contribution is 5.77. The van der Waals surface area contributed by atoms with E-state index in [1.54, 1.807) is 37.6 Å². The number of nitrogens with one attached hydrogen (secondary N) is 1. The third-order valence-electron chi connectivity index (χ3n) is 4.37. The van der Waals surface area contributed by atoms with Gasteiger partial charge in [0, 0.05) is 6.54 Å². The fourth-order valence-corrected chi connectivity index (χ4v) is 3.03. The lowest BCUT2D eigenvalue weighted by atomic mass is 10.2. The molecule has 1 amide bonds. The second-order valence-electron chi connectivity index (χ2n) is 6.04. The summed E-state index contributed by atoms with van der Waals surface area (Å²) in [6.45, 7) is 2.56. The first-order chi connectivity index (χ1) is 12.3. The van der Waals surface area contributed by atoms with Crippen LogP contribution in [0.4, 0.5) is 0 Å². The van der Waals surface area contributed by atoms with Crippen LogP contribution in [-0.4, -0.2) is 44.2 Å². The minimum absolute atomic E-state index is 0.0167. The number of methoxy groups -OCH3 is 1. The Morgan fingerprint density at radius 1 is 1.20 bits per heavy atom. The third-order valence-corrected chi connectivity index (χ3v) is 4.37. The molecule has 0 saturated carbocycles. The van der Waals surface area contributed by atoms with Crippen LogP contribution in [0.25, 0.3) is 0 Å². The Labute approximate surface area is 147 Å². The van der Waals surface area contributed by atoms with E-state index in [1.807, 2.05) is 12.1 Å². The predicted octanol–water partition coefficient (Wildman–Crippen LogP) is 2.62. The smallest absolute Gasteiger partial charge is 0.258 e. The first kappa shape index (κ1) is 17.4. The monoisotopic (exact) mass is 344 g/mol. The Bertz CT molecular complexity index is 649. The van der Waals surface area contributed by atoms with Crippen LogP contribution < -0.4 is 14.8 Å². The summed E-state index contributed by atoms with van der Waals surface area (Å²) in [6.07, 6.45) is 4.05. The number of nitrogens with zero attached hydrogens (tertiary/aromatic N) is 1. The van der Waals surface area contributed by atoms with Crippen molar-refractivity contribution >= 4 is 5.91 Å². The summed E-state index contributed by atoms with van der Waals surface area (Å²) in [5.41, 5.74) is 0. The van der Waals surface area contributed by atoms with Crippen molar-refractivity contribution in [3.05, 3.63) is 48.4 Å². The van der Waals surface area contributed by atoms with Gasteiger partial charge in [0.1, 0.15) is 17.3 Å². The van der Waals surface area contributed by atoms with Crippen LogP contribution >= 0.6 is 0 Å². The van der Waals surface area contributed by atoms with Crippen molar-refractivity contribution in [3.8, 4) is 11.5 Å². The van der Waals surface area contributed by atoms with Crippen molar-refractivity contribution < 1.29 is 18.7 Å². The average Bonchev–Trinajstić information content (AvgIpc) is 3.35. The Balaban J connectivity index is 1.49. The molecule has 1 N–H and O–H groups in total. The van der Waals surface area contributed by atoms with Gasteiger partial charge in [-0.15, -0.1) is 0 Å². The van der Waals surface area contributed by atoms with Crippen molar-refractivity contribution in [2.75, 3.05) is 33.4 Å². The molecule has 0 aliphatic carbocycles. The van der Waals surface area contributed by atoms with Gasteiger partial charge in [0.05, 0.1) is 19.4 Å². The van der Waals surface area contributed by atoms with Gasteiger partial charge >= 0.3 is 0 Å². The van der Waals surface area contributed by atoms with E-state index in [0.717, 1.165) is 24.6 Å². The summed E-state index contributed by atoms with van der Waals surface area (Å²) >= 11 is 0. The van der Waals surface area contributed by atoms with Crippen LogP contribution in [0.15, 0.2) is 47.1 Å². The average molecular weight is 344 g/mol. The zero-order chi connectivity index (χ0) is 17.5. The largest absolute Gasteiger partial charge is 0.497 e. The molecule has 6 heteroatoms. The minimum atomic E-state index is -0.147. The number of amides is 1. The quantitative estimate of drug-likeness (QED) is 0.797. The topological polar surface area (TPSA) is 63.9 Å². The van der Waals surface area contributed by atoms with Gasteiger partial charge in [-0.3, -0.25) is 9.69 Å². The molecule has 1 saturated heterocycles. The van der Waals surface area contributed by atoms with Crippen LogP contribution in [0.3, 0.4) is 0 Å². The summed E-state index contributed by atoms with van der Waals surface area (Å²) in [6, 6.07) is 11.1. The second kappa shape index (κ2) is 8.58. The van der Waals surface area contributed by atoms with Crippen molar-refractivity contribution in [1.29, 1.82) is 0 Å². The number of likely N-dealkylation sites (tertiary alicyclic amines) is 1. The molecule has 2 heterocycles. The Morgan fingerprint density at radius 2 is 1.92 bits per heavy atom. The molecule has 134 valence electrons. The molecule has 1 aromatic heterocycles. The predicted molar refractivity (Wildman–Crippen MR) is 93.8 cm³/mol. The van der Waals surface area contributed by atoms with Crippen LogP contribution in [0, 0.1) is 0 Å². The molecule has 1 aromatic carbocycles. The summed E-state index contributed by atoms with van der Waals surface area (Å²) in [4.78, 5) is 14.5. The van der Waals surface area contributed by atoms with Gasteiger partial charge in [-0.05, 0) is 62.3 Å². The maximum Gasteiger partial charge on any atom is 0.258 e. The lowest BCUT2D eigenvalue weighted by molar-refractivity contribution is -0.123. The summed E-state index contributed by atoms with van der Waals surface area (Å²) in [7, 11) is 1.61. The van der Waals surface area contributed by atoms with E-state index in [4.69, 9.17) is 13.9 Å². The highest BCUT2D eigenvalue weighted by Crippen LogP contribution is 2.24. The molecule has 25 heavy (non-hydrogen) atoms. The van der Waals surface area contributed by atoms with Crippen LogP contribution in [0.5, 0.6) is 11.5 Å². The van der Waals surface area contributed by atoms with Crippen LogP contribution in [0.2, 0.25) is 0 Å². The highest BCUT2D eigenvalue weighted by atomic mass is 16.5. The second-order valence-corrected chi connectivity index (χ2v) is 6.04. The molecule has 1 aliphatic heterocycles. The number of rotatable bonds is 8. The molecule has 1 fully saturated rings. The third kappa shape index (κ3) is 4.76. The van der Waals surface area contributed by atoms with Gasteiger partial charge in [-0.1, -0.05) is 0 Å². The molecule has 1 aliphatic rings. The van der Waals surface area contributed by atoms with Gasteiger partial charge in [0.15, 0.2) is 6.61 Å². The minimum Gasteiger partial charge on any atom is -0.497 e. The maximum absolute atomic E-state index is 12.1. The van der Waals surface area contributed by atoms with E-state index < -0.39 is 0 Å². The van der Waals surface area contributed by atoms with Gasteiger partial charge in [-0.2, -0.15) is 0 Å². The first-order valence-electron chi connectivity index (χ1n) is 8.57. The Morgan fingerprint density at radius 3 is 2.56 bits per heavy atom. The molecule has 6 nitrogen and oxygen atoms in total. The number of furan rings is 1. The van der Waals surface area contributed by atoms with Crippen molar-refractivity contribution in [2.45, 2.75) is 18.9 Å². The highest BCUT2D eigenvalue weighted by Gasteiger charge is 2.25. The lowest BCUT2D eigenvalue weighted by Crippen LogP contribution is -2.38. The first-order valence-corrected chi connectivity index (χ1v) is 8.57. The van der Waals surface area contributed by atoms with Crippen molar-refractivity contribution in [3.63, 3.8) is 0 Å². The Kier molecular flexibility index (Phi) is 5.95. The fraction of sp³-hybridized carbons (Fsp3) is 0.421. The van der Waals surface area contributed by atoms with E-state index in [9.17, 15) is 4.79 Å². The molecular formula is C19H24N2O4. The maximum atomic E-state index is 12.1. The molecular weight excluding hydrogens is 320 g/mol. The molecule has 0 unspecified atom stereocenters. The fourth-order valence-electron chi connectivity index (χ4n) is 3.03. The van der Waals surface area contributed by atoms with Gasteiger partial charge in [-0.25, -0.2) is 0 Å². The zero-order valence-corrected chi connectivity index (χ0v) is 14.4. The molecule has 3 rings (SSSR count). The van der Waals surface area contributed by atoms with E-state index in [2.05, 4.69) is 10.2 Å². The molecule has 0 radical (unpaired) electrons. The van der Waals surface area contributed by atoms with Gasteiger partial charge in [0.25, 0.3) is 5.91 Å². The normalized spacial score (nSPS) is 15.7. The standard InChI is InChI=1S/C19H24N2O4/c1-23-15-6-8-16(9-7-15)25-14-19(22)20-13-17(18-5-4-12-24-18)21-10-2-3-11-21/h4-9,12,17H,2-3,10-11,13-14H2,1H3,(H,20,22)/t17-/m0/s1. The molecule has 1 atom stereocenters. The number of hydrogen-bond acceptors (Lipinski definition) is 5.